The van der Waals surface area contributed by atoms with E-state index in [0.717, 1.165) is 22.3 Å². The largest absolute Gasteiger partial charge is 0.481 e. The third kappa shape index (κ3) is 3.61. The van der Waals surface area contributed by atoms with E-state index in [2.05, 4.69) is 22.5 Å². The van der Waals surface area contributed by atoms with Crippen molar-refractivity contribution in [1.29, 1.82) is 0 Å². The molecule has 1 aliphatic carbocycles. The van der Waals surface area contributed by atoms with E-state index in [0.29, 0.717) is 0 Å². The minimum atomic E-state index is -0.930. The van der Waals surface area contributed by atoms with Gasteiger partial charge >= 0.3 is 12.1 Å². The minimum Gasteiger partial charge on any atom is -0.481 e. The number of carbonyl (C=O) groups excluding carboxylic acids is 2. The molecule has 168 valence electrons. The predicted molar refractivity (Wildman–Crippen MR) is 119 cm³/mol. The van der Waals surface area contributed by atoms with Crippen molar-refractivity contribution >= 4 is 23.7 Å². The molecule has 33 heavy (non-hydrogen) atoms. The van der Waals surface area contributed by atoms with Crippen molar-refractivity contribution in [2.24, 2.45) is 13.0 Å². The number of aryl methyl sites for hydroxylation is 1. The number of nitrogens with one attached hydrogen (secondary N) is 1. The van der Waals surface area contributed by atoms with Crippen LogP contribution in [0, 0.1) is 5.92 Å². The second-order valence-electron chi connectivity index (χ2n) is 8.23. The molecule has 5 rings (SSSR count). The molecule has 1 aliphatic heterocycles. The lowest BCUT2D eigenvalue weighted by Gasteiger charge is -2.36. The van der Waals surface area contributed by atoms with Crippen molar-refractivity contribution < 1.29 is 24.2 Å². The van der Waals surface area contributed by atoms with Crippen molar-refractivity contribution in [2.45, 2.75) is 5.92 Å². The van der Waals surface area contributed by atoms with E-state index in [9.17, 15) is 14.4 Å². The van der Waals surface area contributed by atoms with Crippen LogP contribution >= 0.6 is 0 Å². The van der Waals surface area contributed by atoms with Crippen LogP contribution in [0.3, 0.4) is 0 Å². The quantitative estimate of drug-likeness (QED) is 0.623. The molecule has 1 fully saturated rings. The maximum absolute atomic E-state index is 12.8. The summed E-state index contributed by atoms with van der Waals surface area (Å²) in [5.41, 5.74) is 4.88. The van der Waals surface area contributed by atoms with Crippen LogP contribution in [0.4, 0.5) is 10.5 Å². The summed E-state index contributed by atoms with van der Waals surface area (Å²) in [5.74, 6) is -1.96. The molecule has 0 unspecified atom stereocenters. The first-order chi connectivity index (χ1) is 15.9. The molecule has 0 radical (unpaired) electrons. The molecule has 2 aromatic carbocycles. The van der Waals surface area contributed by atoms with Crippen LogP contribution in [0.5, 0.6) is 0 Å². The number of benzene rings is 2. The summed E-state index contributed by atoms with van der Waals surface area (Å²) >= 11 is 0. The Morgan fingerprint density at radius 2 is 1.67 bits per heavy atom. The highest BCUT2D eigenvalue weighted by Gasteiger charge is 2.38. The molecule has 0 atom stereocenters. The van der Waals surface area contributed by atoms with E-state index < -0.39 is 18.0 Å². The SMILES string of the molecule is Cn1ncc(NC(=O)OCC2c3ccccc3-c3ccccc32)c1C(=O)N1CC(C(=O)O)C1. The van der Waals surface area contributed by atoms with Crippen molar-refractivity contribution in [1.82, 2.24) is 14.7 Å². The third-order valence-electron chi connectivity index (χ3n) is 6.24. The summed E-state index contributed by atoms with van der Waals surface area (Å²) in [4.78, 5) is 37.8. The zero-order chi connectivity index (χ0) is 23.1. The van der Waals surface area contributed by atoms with Gasteiger partial charge in [-0.1, -0.05) is 48.5 Å². The van der Waals surface area contributed by atoms with Gasteiger partial charge in [0.15, 0.2) is 0 Å². The Kier molecular flexibility index (Phi) is 5.08. The van der Waals surface area contributed by atoms with Crippen LogP contribution in [0.2, 0.25) is 0 Å². The topological polar surface area (TPSA) is 114 Å². The van der Waals surface area contributed by atoms with Gasteiger partial charge in [-0.2, -0.15) is 5.10 Å². The van der Waals surface area contributed by atoms with Crippen LogP contribution < -0.4 is 5.32 Å². The molecular formula is C24H22N4O5. The first kappa shape index (κ1) is 20.7. The molecule has 0 bridgehead atoms. The number of carboxylic acids is 1. The second-order valence-corrected chi connectivity index (χ2v) is 8.23. The van der Waals surface area contributed by atoms with Crippen molar-refractivity contribution in [3.63, 3.8) is 0 Å². The summed E-state index contributed by atoms with van der Waals surface area (Å²) in [5, 5.41) is 15.7. The molecule has 9 heteroatoms. The maximum atomic E-state index is 12.8. The Morgan fingerprint density at radius 1 is 1.06 bits per heavy atom. The Bertz CT molecular complexity index is 1220. The first-order valence-corrected chi connectivity index (χ1v) is 10.6. The number of aliphatic carboxylic acids is 1. The van der Waals surface area contributed by atoms with Crippen LogP contribution in [-0.2, 0) is 16.6 Å². The number of amides is 2. The molecule has 1 saturated heterocycles. The summed E-state index contributed by atoms with van der Waals surface area (Å²) in [7, 11) is 1.59. The molecule has 0 saturated carbocycles. The van der Waals surface area contributed by atoms with Crippen molar-refractivity contribution in [3.8, 4) is 11.1 Å². The lowest BCUT2D eigenvalue weighted by atomic mass is 9.98. The highest BCUT2D eigenvalue weighted by molar-refractivity contribution is 6.02. The molecule has 1 aromatic heterocycles. The predicted octanol–water partition coefficient (Wildman–Crippen LogP) is 2.94. The number of aromatic nitrogens is 2. The van der Waals surface area contributed by atoms with Crippen LogP contribution in [0.1, 0.15) is 27.5 Å². The molecule has 9 nitrogen and oxygen atoms in total. The second kappa shape index (κ2) is 8.09. The Morgan fingerprint density at radius 3 is 2.27 bits per heavy atom. The number of carboxylic acid groups (broad SMARTS) is 1. The van der Waals surface area contributed by atoms with E-state index >= 15 is 0 Å². The smallest absolute Gasteiger partial charge is 0.411 e. The Hall–Kier alpha value is -4.14. The summed E-state index contributed by atoms with van der Waals surface area (Å²) in [6, 6.07) is 16.1. The van der Waals surface area contributed by atoms with E-state index in [-0.39, 0.29) is 42.9 Å². The fourth-order valence-corrected chi connectivity index (χ4v) is 4.48. The van der Waals surface area contributed by atoms with Crippen molar-refractivity contribution in [2.75, 3.05) is 25.0 Å². The number of nitrogens with zero attached hydrogens (tertiary/aromatic N) is 3. The summed E-state index contributed by atoms with van der Waals surface area (Å²) in [6.45, 7) is 0.406. The fraction of sp³-hybridized carbons (Fsp3) is 0.250. The van der Waals surface area contributed by atoms with Crippen LogP contribution in [0.15, 0.2) is 54.7 Å². The monoisotopic (exact) mass is 446 g/mol. The first-order valence-electron chi connectivity index (χ1n) is 10.6. The number of likely N-dealkylation sites (tertiary alicyclic amines) is 1. The van der Waals surface area contributed by atoms with Gasteiger partial charge in [0.25, 0.3) is 5.91 Å². The zero-order valence-corrected chi connectivity index (χ0v) is 17.9. The molecule has 2 heterocycles. The number of hydrogen-bond acceptors (Lipinski definition) is 5. The average Bonchev–Trinajstić information content (AvgIpc) is 3.28. The number of hydrogen-bond donors (Lipinski definition) is 2. The molecule has 2 N–H and O–H groups in total. The molecule has 3 aromatic rings. The standard InChI is InChI=1S/C24H22N4O5/c1-27-21(22(29)28-11-14(12-28)23(30)31)20(10-25-27)26-24(32)33-13-19-17-8-4-2-6-15(17)16-7-3-5-9-18(16)19/h2-10,14,19H,11-13H2,1H3,(H,26,32)(H,30,31). The molecular weight excluding hydrogens is 424 g/mol. The zero-order valence-electron chi connectivity index (χ0n) is 17.9. The molecule has 2 amide bonds. The van der Waals surface area contributed by atoms with Gasteiger partial charge in [0.2, 0.25) is 0 Å². The number of carbonyl (C=O) groups is 3. The maximum Gasteiger partial charge on any atom is 0.411 e. The summed E-state index contributed by atoms with van der Waals surface area (Å²) in [6.07, 6.45) is 0.689. The van der Waals surface area contributed by atoms with Crippen molar-refractivity contribution in [3.05, 3.63) is 71.5 Å². The van der Waals surface area contributed by atoms with E-state index in [1.807, 2.05) is 36.4 Å². The number of fused-ring (bicyclic) bond motifs is 3. The minimum absolute atomic E-state index is 0.0767. The lowest BCUT2D eigenvalue weighted by Crippen LogP contribution is -2.53. The normalized spacial score (nSPS) is 14.9. The fourth-order valence-electron chi connectivity index (χ4n) is 4.48. The lowest BCUT2D eigenvalue weighted by molar-refractivity contribution is -0.146. The van der Waals surface area contributed by atoms with Crippen LogP contribution in [0.25, 0.3) is 11.1 Å². The highest BCUT2D eigenvalue weighted by atomic mass is 16.5. The number of ether oxygens (including phenoxy) is 1. The van der Waals surface area contributed by atoms with Gasteiger partial charge in [-0.05, 0) is 22.3 Å². The van der Waals surface area contributed by atoms with Gasteiger partial charge in [0.1, 0.15) is 12.3 Å². The van der Waals surface area contributed by atoms with E-state index in [1.165, 1.54) is 15.8 Å². The van der Waals surface area contributed by atoms with Gasteiger partial charge in [-0.25, -0.2) is 4.79 Å². The van der Waals surface area contributed by atoms with Gasteiger partial charge in [-0.3, -0.25) is 19.6 Å². The number of rotatable bonds is 5. The highest BCUT2D eigenvalue weighted by Crippen LogP contribution is 2.44. The van der Waals surface area contributed by atoms with Gasteiger partial charge < -0.3 is 14.7 Å². The Balaban J connectivity index is 1.27. The molecule has 2 aliphatic rings. The summed E-state index contributed by atoms with van der Waals surface area (Å²) < 4.78 is 6.90. The number of anilines is 1. The van der Waals surface area contributed by atoms with Gasteiger partial charge in [0, 0.05) is 26.1 Å². The Labute approximate surface area is 189 Å². The van der Waals surface area contributed by atoms with E-state index in [1.54, 1.807) is 7.05 Å². The van der Waals surface area contributed by atoms with E-state index in [4.69, 9.17) is 9.84 Å². The van der Waals surface area contributed by atoms with Crippen LogP contribution in [-0.4, -0.2) is 57.5 Å². The average molecular weight is 446 g/mol. The molecule has 0 spiro atoms. The van der Waals surface area contributed by atoms with Gasteiger partial charge in [-0.15, -0.1) is 0 Å². The van der Waals surface area contributed by atoms with Gasteiger partial charge in [0.05, 0.1) is 17.8 Å². The third-order valence-corrected chi connectivity index (χ3v) is 6.24.